The molecule has 4 nitrogen and oxygen atoms in total. The average molecular weight is 241 g/mol. The number of thiophene rings is 1. The second kappa shape index (κ2) is 3.75. The summed E-state index contributed by atoms with van der Waals surface area (Å²) in [6.07, 6.45) is 0.655. The summed E-state index contributed by atoms with van der Waals surface area (Å²) in [5.74, 6) is -0.862. The Morgan fingerprint density at radius 3 is 2.81 bits per heavy atom. The molecule has 1 aromatic heterocycles. The number of hydrogen-bond acceptors (Lipinski definition) is 4. The summed E-state index contributed by atoms with van der Waals surface area (Å²) < 4.78 is 5.67. The second-order valence-electron chi connectivity index (χ2n) is 4.49. The Labute approximate surface area is 98.2 Å². The number of carbonyl (C=O) groups is 1. The predicted molar refractivity (Wildman–Crippen MR) is 63.4 cm³/mol. The number of carboxylic acids is 1. The molecule has 2 heterocycles. The molecule has 0 bridgehead atoms. The smallest absolute Gasteiger partial charge is 0.338 e. The van der Waals surface area contributed by atoms with Crippen LogP contribution in [-0.4, -0.2) is 23.7 Å². The van der Waals surface area contributed by atoms with Gasteiger partial charge in [-0.1, -0.05) is 0 Å². The Hall–Kier alpha value is -1.07. The number of carboxylic acid groups (broad SMARTS) is 1. The van der Waals surface area contributed by atoms with Crippen LogP contribution in [0.4, 0.5) is 5.00 Å². The first-order valence-corrected chi connectivity index (χ1v) is 5.96. The summed E-state index contributed by atoms with van der Waals surface area (Å²) in [4.78, 5) is 12.3. The highest BCUT2D eigenvalue weighted by Gasteiger charge is 2.33. The molecule has 0 amide bonds. The van der Waals surface area contributed by atoms with Gasteiger partial charge >= 0.3 is 5.97 Å². The maximum Gasteiger partial charge on any atom is 0.338 e. The summed E-state index contributed by atoms with van der Waals surface area (Å²) in [5.41, 5.74) is 1.07. The van der Waals surface area contributed by atoms with Gasteiger partial charge < -0.3 is 15.2 Å². The highest BCUT2D eigenvalue weighted by molar-refractivity contribution is 7.16. The van der Waals surface area contributed by atoms with Gasteiger partial charge in [-0.15, -0.1) is 11.3 Å². The van der Waals surface area contributed by atoms with E-state index in [0.717, 1.165) is 15.4 Å². The molecule has 16 heavy (non-hydrogen) atoms. The van der Waals surface area contributed by atoms with Crippen LogP contribution in [0.3, 0.4) is 0 Å². The lowest BCUT2D eigenvalue weighted by atomic mass is 9.93. The molecule has 0 saturated heterocycles. The highest BCUT2D eigenvalue weighted by atomic mass is 32.1. The fraction of sp³-hybridized carbons (Fsp3) is 0.545. The number of anilines is 1. The van der Waals surface area contributed by atoms with Gasteiger partial charge in [0.1, 0.15) is 5.00 Å². The molecule has 0 radical (unpaired) electrons. The lowest BCUT2D eigenvalue weighted by Gasteiger charge is -2.30. The van der Waals surface area contributed by atoms with Crippen LogP contribution in [-0.2, 0) is 17.8 Å². The summed E-state index contributed by atoms with van der Waals surface area (Å²) in [6.45, 7) is 4.48. The fourth-order valence-corrected chi connectivity index (χ4v) is 3.03. The predicted octanol–water partition coefficient (Wildman–Crippen LogP) is 2.34. The minimum absolute atomic E-state index is 0.275. The summed E-state index contributed by atoms with van der Waals surface area (Å²) in [5, 5.41) is 12.9. The first-order chi connectivity index (χ1) is 7.44. The van der Waals surface area contributed by atoms with Crippen molar-refractivity contribution in [2.24, 2.45) is 0 Å². The van der Waals surface area contributed by atoms with E-state index < -0.39 is 5.97 Å². The third kappa shape index (κ3) is 1.81. The van der Waals surface area contributed by atoms with E-state index in [-0.39, 0.29) is 5.60 Å². The third-order valence-electron chi connectivity index (χ3n) is 2.73. The molecule has 1 aromatic rings. The number of nitrogens with one attached hydrogen (secondary N) is 1. The normalized spacial score (nSPS) is 17.9. The highest BCUT2D eigenvalue weighted by Crippen LogP contribution is 2.40. The Kier molecular flexibility index (Phi) is 2.67. The van der Waals surface area contributed by atoms with Crippen molar-refractivity contribution in [1.29, 1.82) is 0 Å². The Morgan fingerprint density at radius 2 is 2.25 bits per heavy atom. The molecule has 0 spiro atoms. The number of aromatic carboxylic acids is 1. The summed E-state index contributed by atoms with van der Waals surface area (Å²) in [7, 11) is 1.75. The molecule has 0 atom stereocenters. The molecule has 0 aromatic carbocycles. The maximum atomic E-state index is 11.3. The molecule has 1 aliphatic rings. The lowest BCUT2D eigenvalue weighted by molar-refractivity contribution is -0.0384. The van der Waals surface area contributed by atoms with E-state index in [0.29, 0.717) is 18.6 Å². The van der Waals surface area contributed by atoms with Crippen molar-refractivity contribution in [2.45, 2.75) is 32.5 Å². The quantitative estimate of drug-likeness (QED) is 0.834. The van der Waals surface area contributed by atoms with Gasteiger partial charge in [0, 0.05) is 18.3 Å². The molecule has 5 heteroatoms. The van der Waals surface area contributed by atoms with Crippen LogP contribution < -0.4 is 5.32 Å². The maximum absolute atomic E-state index is 11.3. The number of rotatable bonds is 2. The molecule has 2 rings (SSSR count). The van der Waals surface area contributed by atoms with E-state index in [1.54, 1.807) is 7.05 Å². The van der Waals surface area contributed by atoms with Crippen LogP contribution in [0.5, 0.6) is 0 Å². The van der Waals surface area contributed by atoms with E-state index in [1.165, 1.54) is 11.3 Å². The van der Waals surface area contributed by atoms with E-state index in [1.807, 2.05) is 13.8 Å². The van der Waals surface area contributed by atoms with Crippen molar-refractivity contribution in [3.63, 3.8) is 0 Å². The number of ether oxygens (including phenoxy) is 1. The van der Waals surface area contributed by atoms with Crippen LogP contribution in [0, 0.1) is 0 Å². The van der Waals surface area contributed by atoms with Gasteiger partial charge in [0.05, 0.1) is 17.8 Å². The first kappa shape index (κ1) is 11.4. The fourth-order valence-electron chi connectivity index (χ4n) is 1.96. The van der Waals surface area contributed by atoms with Gasteiger partial charge in [0.2, 0.25) is 0 Å². The molecule has 2 N–H and O–H groups in total. The van der Waals surface area contributed by atoms with Crippen molar-refractivity contribution in [2.75, 3.05) is 12.4 Å². The SMILES string of the molecule is CNc1sc2c(c1C(=O)O)CC(C)(C)OC2. The van der Waals surface area contributed by atoms with Crippen LogP contribution in [0.2, 0.25) is 0 Å². The zero-order valence-electron chi connectivity index (χ0n) is 9.59. The van der Waals surface area contributed by atoms with Gasteiger partial charge in [0.25, 0.3) is 0 Å². The topological polar surface area (TPSA) is 58.6 Å². The van der Waals surface area contributed by atoms with Gasteiger partial charge in [-0.3, -0.25) is 0 Å². The molecule has 0 unspecified atom stereocenters. The van der Waals surface area contributed by atoms with E-state index in [4.69, 9.17) is 4.74 Å². The monoisotopic (exact) mass is 241 g/mol. The molecular formula is C11H15NO3S. The molecule has 0 aliphatic carbocycles. The third-order valence-corrected chi connectivity index (χ3v) is 3.95. The van der Waals surface area contributed by atoms with Crippen molar-refractivity contribution >= 4 is 22.3 Å². The summed E-state index contributed by atoms with van der Waals surface area (Å²) in [6, 6.07) is 0. The van der Waals surface area contributed by atoms with Gasteiger partial charge in [-0.2, -0.15) is 0 Å². The first-order valence-electron chi connectivity index (χ1n) is 5.14. The average Bonchev–Trinajstić information content (AvgIpc) is 2.53. The molecule has 88 valence electrons. The van der Waals surface area contributed by atoms with E-state index in [9.17, 15) is 9.90 Å². The number of hydrogen-bond donors (Lipinski definition) is 2. The summed E-state index contributed by atoms with van der Waals surface area (Å²) >= 11 is 1.47. The Morgan fingerprint density at radius 1 is 1.56 bits per heavy atom. The van der Waals surface area contributed by atoms with Gasteiger partial charge in [-0.25, -0.2) is 4.79 Å². The molecule has 1 aliphatic heterocycles. The Balaban J connectivity index is 2.52. The number of fused-ring (bicyclic) bond motifs is 1. The van der Waals surface area contributed by atoms with Crippen molar-refractivity contribution in [1.82, 2.24) is 0 Å². The van der Waals surface area contributed by atoms with Crippen LogP contribution in [0.15, 0.2) is 0 Å². The van der Waals surface area contributed by atoms with Gasteiger partial charge in [0.15, 0.2) is 0 Å². The lowest BCUT2D eigenvalue weighted by Crippen LogP contribution is -2.31. The standard InChI is InChI=1S/C11H15NO3S/c1-11(2)4-6-7(5-15-11)16-9(12-3)8(6)10(13)14/h12H,4-5H2,1-3H3,(H,13,14). The van der Waals surface area contributed by atoms with Crippen molar-refractivity contribution in [3.8, 4) is 0 Å². The molecule has 0 saturated carbocycles. The molecule has 0 fully saturated rings. The minimum atomic E-state index is -0.862. The zero-order chi connectivity index (χ0) is 11.9. The van der Waals surface area contributed by atoms with Gasteiger partial charge in [-0.05, 0) is 19.4 Å². The van der Waals surface area contributed by atoms with Crippen LogP contribution in [0.1, 0.15) is 34.6 Å². The Bertz CT molecular complexity index is 437. The zero-order valence-corrected chi connectivity index (χ0v) is 10.4. The largest absolute Gasteiger partial charge is 0.478 e. The second-order valence-corrected chi connectivity index (χ2v) is 5.59. The van der Waals surface area contributed by atoms with E-state index >= 15 is 0 Å². The molecular weight excluding hydrogens is 226 g/mol. The van der Waals surface area contributed by atoms with Crippen LogP contribution >= 0.6 is 11.3 Å². The minimum Gasteiger partial charge on any atom is -0.478 e. The van der Waals surface area contributed by atoms with Crippen molar-refractivity contribution < 1.29 is 14.6 Å². The van der Waals surface area contributed by atoms with Crippen LogP contribution in [0.25, 0.3) is 0 Å². The van der Waals surface area contributed by atoms with Crippen molar-refractivity contribution in [3.05, 3.63) is 16.0 Å². The van der Waals surface area contributed by atoms with E-state index in [2.05, 4.69) is 5.32 Å².